The average Bonchev–Trinajstić information content (AvgIpc) is 2.47. The highest BCUT2D eigenvalue weighted by Crippen LogP contribution is 2.36. The van der Waals surface area contributed by atoms with Crippen LogP contribution in [0.1, 0.15) is 13.3 Å². The quantitative estimate of drug-likeness (QED) is 0.825. The van der Waals surface area contributed by atoms with Gasteiger partial charge in [0, 0.05) is 11.4 Å². The monoisotopic (exact) mass is 293 g/mol. The standard InChI is InChI=1S/C14H16FN3OS/c1-3-8-16-13-12(19-2)14(18-9-17-13)20-11-6-4-10(15)5-7-11/h4-7,9H,3,8H2,1-2H3,(H,16,17,18). The molecule has 0 spiro atoms. The number of anilines is 1. The molecule has 0 fully saturated rings. The van der Waals surface area contributed by atoms with Crippen LogP contribution in [0.25, 0.3) is 0 Å². The van der Waals surface area contributed by atoms with Crippen LogP contribution in [0.2, 0.25) is 0 Å². The zero-order chi connectivity index (χ0) is 14.4. The maximum atomic E-state index is 12.9. The Bertz CT molecular complexity index is 563. The van der Waals surface area contributed by atoms with Crippen LogP contribution >= 0.6 is 11.8 Å². The van der Waals surface area contributed by atoms with E-state index in [-0.39, 0.29) is 5.82 Å². The summed E-state index contributed by atoms with van der Waals surface area (Å²) in [5, 5.41) is 3.90. The van der Waals surface area contributed by atoms with Gasteiger partial charge < -0.3 is 10.1 Å². The van der Waals surface area contributed by atoms with Gasteiger partial charge in [-0.05, 0) is 30.7 Å². The first-order valence-electron chi connectivity index (χ1n) is 6.31. The van der Waals surface area contributed by atoms with Gasteiger partial charge in [-0.1, -0.05) is 18.7 Å². The molecule has 0 unspecified atom stereocenters. The zero-order valence-corrected chi connectivity index (χ0v) is 12.2. The van der Waals surface area contributed by atoms with E-state index in [1.54, 1.807) is 19.2 Å². The average molecular weight is 293 g/mol. The van der Waals surface area contributed by atoms with E-state index in [1.807, 2.05) is 0 Å². The van der Waals surface area contributed by atoms with Crippen LogP contribution in [-0.4, -0.2) is 23.6 Å². The molecular weight excluding hydrogens is 277 g/mol. The molecule has 0 atom stereocenters. The maximum Gasteiger partial charge on any atom is 0.194 e. The van der Waals surface area contributed by atoms with Gasteiger partial charge >= 0.3 is 0 Å². The molecule has 0 aliphatic heterocycles. The highest BCUT2D eigenvalue weighted by molar-refractivity contribution is 7.99. The molecule has 20 heavy (non-hydrogen) atoms. The zero-order valence-electron chi connectivity index (χ0n) is 11.4. The first-order chi connectivity index (χ1) is 9.74. The molecule has 4 nitrogen and oxygen atoms in total. The topological polar surface area (TPSA) is 47.0 Å². The van der Waals surface area contributed by atoms with Crippen LogP contribution in [0.15, 0.2) is 40.5 Å². The van der Waals surface area contributed by atoms with Gasteiger partial charge in [0.25, 0.3) is 0 Å². The fourth-order valence-electron chi connectivity index (χ4n) is 1.60. The molecule has 106 valence electrons. The van der Waals surface area contributed by atoms with E-state index in [2.05, 4.69) is 22.2 Å². The van der Waals surface area contributed by atoms with Gasteiger partial charge in [0.15, 0.2) is 11.6 Å². The number of nitrogens with one attached hydrogen (secondary N) is 1. The summed E-state index contributed by atoms with van der Waals surface area (Å²) >= 11 is 1.41. The van der Waals surface area contributed by atoms with E-state index >= 15 is 0 Å². The van der Waals surface area contributed by atoms with Crippen molar-refractivity contribution in [3.05, 3.63) is 36.4 Å². The Kier molecular flexibility index (Phi) is 5.17. The molecule has 6 heteroatoms. The van der Waals surface area contributed by atoms with Crippen molar-refractivity contribution in [2.75, 3.05) is 19.0 Å². The van der Waals surface area contributed by atoms with Crippen LogP contribution in [0.4, 0.5) is 10.2 Å². The second-order valence-electron chi connectivity index (χ2n) is 4.04. The van der Waals surface area contributed by atoms with Crippen LogP contribution in [-0.2, 0) is 0 Å². The number of methoxy groups -OCH3 is 1. The molecule has 2 rings (SSSR count). The van der Waals surface area contributed by atoms with Gasteiger partial charge in [-0.2, -0.15) is 0 Å². The third kappa shape index (κ3) is 3.60. The van der Waals surface area contributed by atoms with E-state index in [0.717, 1.165) is 17.9 Å². The summed E-state index contributed by atoms with van der Waals surface area (Å²) in [7, 11) is 1.59. The SMILES string of the molecule is CCCNc1ncnc(Sc2ccc(F)cc2)c1OC. The molecule has 1 N–H and O–H groups in total. The Labute approximate surface area is 121 Å². The maximum absolute atomic E-state index is 12.9. The number of benzene rings is 1. The van der Waals surface area contributed by atoms with Crippen molar-refractivity contribution in [3.63, 3.8) is 0 Å². The minimum Gasteiger partial charge on any atom is -0.490 e. The van der Waals surface area contributed by atoms with Crippen molar-refractivity contribution in [1.29, 1.82) is 0 Å². The Morgan fingerprint density at radius 2 is 2.00 bits per heavy atom. The molecular formula is C14H16FN3OS. The molecule has 0 aliphatic rings. The summed E-state index contributed by atoms with van der Waals surface area (Å²) in [4.78, 5) is 9.31. The van der Waals surface area contributed by atoms with E-state index in [0.29, 0.717) is 16.6 Å². The molecule has 1 aromatic carbocycles. The fraction of sp³-hybridized carbons (Fsp3) is 0.286. The lowest BCUT2D eigenvalue weighted by Crippen LogP contribution is -2.05. The lowest BCUT2D eigenvalue weighted by molar-refractivity contribution is 0.400. The summed E-state index contributed by atoms with van der Waals surface area (Å²) in [6.07, 6.45) is 2.49. The number of hydrogen-bond donors (Lipinski definition) is 1. The number of halogens is 1. The van der Waals surface area contributed by atoms with Crippen molar-refractivity contribution in [2.24, 2.45) is 0 Å². The number of ether oxygens (including phenoxy) is 1. The summed E-state index contributed by atoms with van der Waals surface area (Å²) in [5.41, 5.74) is 0. The largest absolute Gasteiger partial charge is 0.490 e. The predicted molar refractivity (Wildman–Crippen MR) is 77.9 cm³/mol. The molecule has 0 saturated carbocycles. The molecule has 0 aliphatic carbocycles. The molecule has 0 saturated heterocycles. The molecule has 1 aromatic heterocycles. The third-order valence-electron chi connectivity index (χ3n) is 2.55. The molecule has 0 radical (unpaired) electrons. The summed E-state index contributed by atoms with van der Waals surface area (Å²) < 4.78 is 18.3. The summed E-state index contributed by atoms with van der Waals surface area (Å²) in [6.45, 7) is 2.89. The number of aromatic nitrogens is 2. The Balaban J connectivity index is 2.24. The molecule has 0 amide bonds. The van der Waals surface area contributed by atoms with Crippen molar-refractivity contribution in [1.82, 2.24) is 9.97 Å². The molecule has 2 aromatic rings. The summed E-state index contributed by atoms with van der Waals surface area (Å²) in [5.74, 6) is 1.03. The molecule has 0 bridgehead atoms. The Morgan fingerprint density at radius 3 is 2.65 bits per heavy atom. The number of rotatable bonds is 6. The van der Waals surface area contributed by atoms with Gasteiger partial charge in [0.1, 0.15) is 17.2 Å². The van der Waals surface area contributed by atoms with Gasteiger partial charge in [-0.15, -0.1) is 0 Å². The first-order valence-corrected chi connectivity index (χ1v) is 7.12. The highest BCUT2D eigenvalue weighted by atomic mass is 32.2. The van der Waals surface area contributed by atoms with Gasteiger partial charge in [-0.3, -0.25) is 0 Å². The van der Waals surface area contributed by atoms with Crippen molar-refractivity contribution >= 4 is 17.6 Å². The van der Waals surface area contributed by atoms with Crippen LogP contribution < -0.4 is 10.1 Å². The van der Waals surface area contributed by atoms with Crippen molar-refractivity contribution in [3.8, 4) is 5.75 Å². The van der Waals surface area contributed by atoms with E-state index < -0.39 is 0 Å². The number of hydrogen-bond acceptors (Lipinski definition) is 5. The second-order valence-corrected chi connectivity index (χ2v) is 5.11. The Hall–Kier alpha value is -1.82. The highest BCUT2D eigenvalue weighted by Gasteiger charge is 2.13. The van der Waals surface area contributed by atoms with Crippen molar-refractivity contribution < 1.29 is 9.13 Å². The van der Waals surface area contributed by atoms with E-state index in [9.17, 15) is 4.39 Å². The fourth-order valence-corrected chi connectivity index (χ4v) is 2.47. The lowest BCUT2D eigenvalue weighted by atomic mass is 10.4. The van der Waals surface area contributed by atoms with Crippen LogP contribution in [0.5, 0.6) is 5.75 Å². The summed E-state index contributed by atoms with van der Waals surface area (Å²) in [6, 6.07) is 6.26. The van der Waals surface area contributed by atoms with Crippen LogP contribution in [0, 0.1) is 5.82 Å². The lowest BCUT2D eigenvalue weighted by Gasteiger charge is -2.12. The first kappa shape index (κ1) is 14.6. The normalized spacial score (nSPS) is 10.3. The minimum atomic E-state index is -0.255. The van der Waals surface area contributed by atoms with E-state index in [1.165, 1.54) is 30.2 Å². The molecule has 1 heterocycles. The van der Waals surface area contributed by atoms with Gasteiger partial charge in [0.05, 0.1) is 7.11 Å². The van der Waals surface area contributed by atoms with Gasteiger partial charge in [-0.25, -0.2) is 14.4 Å². The minimum absolute atomic E-state index is 0.255. The van der Waals surface area contributed by atoms with Gasteiger partial charge in [0.2, 0.25) is 0 Å². The third-order valence-corrected chi connectivity index (χ3v) is 3.54. The Morgan fingerprint density at radius 1 is 1.25 bits per heavy atom. The number of nitrogens with zero attached hydrogens (tertiary/aromatic N) is 2. The van der Waals surface area contributed by atoms with Crippen LogP contribution in [0.3, 0.4) is 0 Å². The van der Waals surface area contributed by atoms with Crippen molar-refractivity contribution in [2.45, 2.75) is 23.3 Å². The predicted octanol–water partition coefficient (Wildman–Crippen LogP) is 3.60. The van der Waals surface area contributed by atoms with E-state index in [4.69, 9.17) is 4.74 Å². The second kappa shape index (κ2) is 7.09. The smallest absolute Gasteiger partial charge is 0.194 e.